The molecule has 0 saturated heterocycles. The van der Waals surface area contributed by atoms with Crippen LogP contribution in [0.2, 0.25) is 10.0 Å². The van der Waals surface area contributed by atoms with Crippen LogP contribution in [0.25, 0.3) is 0 Å². The zero-order chi connectivity index (χ0) is 26.2. The van der Waals surface area contributed by atoms with Crippen molar-refractivity contribution < 1.29 is 28.9 Å². The quantitative estimate of drug-likeness (QED) is 0.158. The molecule has 1 heterocycles. The maximum absolute atomic E-state index is 12.3. The largest absolute Gasteiger partial charge is 0.490 e. The van der Waals surface area contributed by atoms with Gasteiger partial charge >= 0.3 is 12.0 Å². The Hall–Kier alpha value is -3.47. The molecule has 12 heteroatoms. The number of urea groups is 1. The van der Waals surface area contributed by atoms with Gasteiger partial charge in [0.1, 0.15) is 6.61 Å². The van der Waals surface area contributed by atoms with Gasteiger partial charge in [-0.3, -0.25) is 5.43 Å². The summed E-state index contributed by atoms with van der Waals surface area (Å²) in [4.78, 5) is 24.4. The molecule has 2 aromatic carbocycles. The summed E-state index contributed by atoms with van der Waals surface area (Å²) in [6, 6.07) is 8.82. The molecule has 4 N–H and O–H groups in total. The van der Waals surface area contributed by atoms with Crippen LogP contribution in [-0.4, -0.2) is 49.9 Å². The summed E-state index contributed by atoms with van der Waals surface area (Å²) in [6.07, 6.45) is 0.243. The Bertz CT molecular complexity index is 1170. The predicted octanol–water partition coefficient (Wildman–Crippen LogP) is 3.51. The molecule has 2 atom stereocenters. The van der Waals surface area contributed by atoms with Crippen molar-refractivity contribution in [1.82, 2.24) is 16.1 Å². The van der Waals surface area contributed by atoms with E-state index in [1.807, 2.05) is 0 Å². The van der Waals surface area contributed by atoms with Gasteiger partial charge in [-0.1, -0.05) is 35.3 Å². The number of nitrogens with one attached hydrogen (secondary N) is 3. The van der Waals surface area contributed by atoms with E-state index >= 15 is 0 Å². The lowest BCUT2D eigenvalue weighted by Gasteiger charge is -2.28. The molecule has 0 unspecified atom stereocenters. The van der Waals surface area contributed by atoms with Crippen LogP contribution in [-0.2, 0) is 9.53 Å². The highest BCUT2D eigenvalue weighted by molar-refractivity contribution is 6.38. The van der Waals surface area contributed by atoms with Crippen LogP contribution in [0.1, 0.15) is 31.0 Å². The maximum Gasteiger partial charge on any atom is 0.337 e. The molecule has 192 valence electrons. The molecule has 10 nitrogen and oxygen atoms in total. The Balaban J connectivity index is 1.72. The van der Waals surface area contributed by atoms with Crippen molar-refractivity contribution in [3.63, 3.8) is 0 Å². The van der Waals surface area contributed by atoms with E-state index in [1.54, 1.807) is 50.2 Å². The average Bonchev–Trinajstić information content (AvgIpc) is 2.84. The minimum Gasteiger partial charge on any atom is -0.490 e. The number of hydrazone groups is 1. The third-order valence-electron chi connectivity index (χ3n) is 5.09. The fraction of sp³-hybridized carbons (Fsp3) is 0.292. The molecule has 1 aliphatic rings. The molecule has 2 amide bonds. The monoisotopic (exact) mass is 536 g/mol. The molecule has 3 rings (SSSR count). The molecule has 36 heavy (non-hydrogen) atoms. The summed E-state index contributed by atoms with van der Waals surface area (Å²) in [5, 5.41) is 20.3. The minimum absolute atomic E-state index is 0.163. The molecule has 0 bridgehead atoms. The first-order chi connectivity index (χ1) is 17.2. The van der Waals surface area contributed by atoms with Crippen LogP contribution < -0.4 is 25.5 Å². The zero-order valence-corrected chi connectivity index (χ0v) is 21.3. The number of carbonyl (C=O) groups is 2. The van der Waals surface area contributed by atoms with Crippen LogP contribution >= 0.6 is 23.2 Å². The van der Waals surface area contributed by atoms with Crippen LogP contribution in [0.3, 0.4) is 0 Å². The summed E-state index contributed by atoms with van der Waals surface area (Å²) >= 11 is 12.2. The third-order valence-corrected chi connectivity index (χ3v) is 5.75. The summed E-state index contributed by atoms with van der Waals surface area (Å²) < 4.78 is 16.3. The summed E-state index contributed by atoms with van der Waals surface area (Å²) in [7, 11) is 1.27. The first-order valence-electron chi connectivity index (χ1n) is 10.9. The van der Waals surface area contributed by atoms with Crippen LogP contribution in [0, 0.1) is 0 Å². The second-order valence-electron chi connectivity index (χ2n) is 7.55. The average molecular weight is 537 g/mol. The van der Waals surface area contributed by atoms with Crippen LogP contribution in [0.4, 0.5) is 4.79 Å². The van der Waals surface area contributed by atoms with Gasteiger partial charge in [-0.2, -0.15) is 5.10 Å². The molecule has 0 aromatic heterocycles. The van der Waals surface area contributed by atoms with Gasteiger partial charge < -0.3 is 30.0 Å². The van der Waals surface area contributed by atoms with E-state index in [0.717, 1.165) is 0 Å². The zero-order valence-electron chi connectivity index (χ0n) is 19.8. The number of amides is 2. The number of aliphatic hydroxyl groups is 1. The first kappa shape index (κ1) is 27.1. The topological polar surface area (TPSA) is 131 Å². The minimum atomic E-state index is -1.16. The Morgan fingerprint density at radius 1 is 1.22 bits per heavy atom. The third kappa shape index (κ3) is 6.60. The van der Waals surface area contributed by atoms with Crippen LogP contribution in [0.5, 0.6) is 11.5 Å². The van der Waals surface area contributed by atoms with Gasteiger partial charge in [0.15, 0.2) is 17.7 Å². The van der Waals surface area contributed by atoms with Crippen molar-refractivity contribution in [2.24, 2.45) is 5.10 Å². The lowest BCUT2D eigenvalue weighted by molar-refractivity contribution is -0.136. The number of methoxy groups -OCH3 is 1. The molecule has 0 spiro atoms. The smallest absolute Gasteiger partial charge is 0.337 e. The lowest BCUT2D eigenvalue weighted by atomic mass is 9.95. The van der Waals surface area contributed by atoms with E-state index in [2.05, 4.69) is 21.2 Å². The number of allylic oxidation sites excluding steroid dienone is 1. The Morgan fingerprint density at radius 3 is 2.61 bits per heavy atom. The first-order valence-corrected chi connectivity index (χ1v) is 11.7. The fourth-order valence-electron chi connectivity index (χ4n) is 3.44. The van der Waals surface area contributed by atoms with Gasteiger partial charge in [-0.25, -0.2) is 9.59 Å². The Labute approximate surface area is 218 Å². The summed E-state index contributed by atoms with van der Waals surface area (Å²) in [5.41, 5.74) is 4.29. The Morgan fingerprint density at radius 2 is 1.94 bits per heavy atom. The summed E-state index contributed by atoms with van der Waals surface area (Å²) in [5.74, 6) is 0.138. The maximum atomic E-state index is 12.3. The van der Waals surface area contributed by atoms with E-state index < -0.39 is 24.3 Å². The van der Waals surface area contributed by atoms with Gasteiger partial charge in [0.25, 0.3) is 0 Å². The van der Waals surface area contributed by atoms with Gasteiger partial charge in [-0.05, 0) is 43.7 Å². The molecule has 1 aliphatic heterocycles. The van der Waals surface area contributed by atoms with E-state index in [9.17, 15) is 14.7 Å². The van der Waals surface area contributed by atoms with Crippen molar-refractivity contribution >= 4 is 41.4 Å². The van der Waals surface area contributed by atoms with E-state index in [0.29, 0.717) is 45.0 Å². The normalized spacial score (nSPS) is 16.3. The summed E-state index contributed by atoms with van der Waals surface area (Å²) in [6.45, 7) is 3.59. The van der Waals surface area contributed by atoms with Crippen molar-refractivity contribution in [1.29, 1.82) is 0 Å². The second-order valence-corrected chi connectivity index (χ2v) is 8.36. The fourth-order valence-corrected chi connectivity index (χ4v) is 3.94. The van der Waals surface area contributed by atoms with Crippen molar-refractivity contribution in [3.8, 4) is 11.5 Å². The van der Waals surface area contributed by atoms with Crippen molar-refractivity contribution in [2.75, 3.05) is 20.3 Å². The number of benzene rings is 2. The molecule has 0 saturated carbocycles. The number of aliphatic hydroxyl groups excluding tert-OH is 1. The number of nitrogens with zero attached hydrogens (tertiary/aromatic N) is 1. The number of rotatable bonds is 10. The van der Waals surface area contributed by atoms with E-state index in [1.165, 1.54) is 13.3 Å². The molecule has 0 aliphatic carbocycles. The van der Waals surface area contributed by atoms with Gasteiger partial charge in [0.05, 0.1) is 41.6 Å². The molecule has 0 fully saturated rings. The SMILES string of the molecule is CCOc1cc([C@@H]2NC(=O)NC(C)=C2C(=O)OC)ccc1OC[C@@H](O)N/N=C/c1c(Cl)cccc1Cl. The standard InChI is InChI=1S/C24H26Cl2N4O6/c1-4-35-19-10-14(22-21(23(32)34-3)13(2)28-24(33)29-22)8-9-18(19)36-12-20(31)30-27-11-15-16(25)6-5-7-17(15)26/h5-11,20,22,30-31H,4,12H2,1-3H3,(H2,28,29,33)/b27-11+/t20-,22+/m1/s1. The number of hydrogen-bond acceptors (Lipinski definition) is 8. The van der Waals surface area contributed by atoms with E-state index in [-0.39, 0.29) is 12.2 Å². The van der Waals surface area contributed by atoms with Crippen LogP contribution in [0.15, 0.2) is 52.8 Å². The number of esters is 1. The van der Waals surface area contributed by atoms with E-state index in [4.69, 9.17) is 37.4 Å². The highest BCUT2D eigenvalue weighted by Gasteiger charge is 2.32. The number of hydrogen-bond donors (Lipinski definition) is 4. The highest BCUT2D eigenvalue weighted by Crippen LogP contribution is 2.35. The van der Waals surface area contributed by atoms with Gasteiger partial charge in [0, 0.05) is 11.3 Å². The number of halogens is 2. The molecular weight excluding hydrogens is 511 g/mol. The van der Waals surface area contributed by atoms with Gasteiger partial charge in [0.2, 0.25) is 0 Å². The number of carbonyl (C=O) groups excluding carboxylic acids is 2. The Kier molecular flexibility index (Phi) is 9.40. The molecular formula is C24H26Cl2N4O6. The van der Waals surface area contributed by atoms with Crippen molar-refractivity contribution in [3.05, 3.63) is 68.8 Å². The second kappa shape index (κ2) is 12.5. The molecule has 0 radical (unpaired) electrons. The lowest BCUT2D eigenvalue weighted by Crippen LogP contribution is -2.45. The highest BCUT2D eigenvalue weighted by atomic mass is 35.5. The molecule has 2 aromatic rings. The number of ether oxygens (including phenoxy) is 3. The van der Waals surface area contributed by atoms with Crippen molar-refractivity contribution in [2.45, 2.75) is 26.1 Å². The predicted molar refractivity (Wildman–Crippen MR) is 135 cm³/mol. The van der Waals surface area contributed by atoms with Gasteiger partial charge in [-0.15, -0.1) is 0 Å².